The summed E-state index contributed by atoms with van der Waals surface area (Å²) in [5.74, 6) is -3.38. The lowest BCUT2D eigenvalue weighted by molar-refractivity contribution is -0.139. The van der Waals surface area contributed by atoms with Crippen molar-refractivity contribution in [1.29, 1.82) is 0 Å². The molecule has 310 valence electrons. The van der Waals surface area contributed by atoms with Crippen LogP contribution in [0.25, 0.3) is 0 Å². The molecule has 7 N–H and O–H groups in total. The lowest BCUT2D eigenvalue weighted by atomic mass is 10.0. The van der Waals surface area contributed by atoms with Gasteiger partial charge in [0.05, 0.1) is 11.7 Å². The molecule has 2 aliphatic heterocycles. The Morgan fingerprint density at radius 1 is 0.964 bits per heavy atom. The van der Waals surface area contributed by atoms with Crippen molar-refractivity contribution in [2.45, 2.75) is 121 Å². The van der Waals surface area contributed by atoms with E-state index in [0.29, 0.717) is 44.5 Å². The van der Waals surface area contributed by atoms with E-state index >= 15 is 0 Å². The van der Waals surface area contributed by atoms with Gasteiger partial charge in [0.25, 0.3) is 0 Å². The van der Waals surface area contributed by atoms with Gasteiger partial charge in [-0.2, -0.15) is 0 Å². The normalized spacial score (nSPS) is 16.7. The van der Waals surface area contributed by atoms with Gasteiger partial charge < -0.3 is 41.7 Å². The topological polar surface area (TPSA) is 247 Å². The summed E-state index contributed by atoms with van der Waals surface area (Å²) < 4.78 is 4.67. The summed E-state index contributed by atoms with van der Waals surface area (Å²) in [7, 11) is 0. The zero-order chi connectivity index (χ0) is 41.4. The zero-order valence-electron chi connectivity index (χ0n) is 32.7. The number of nitrogens with zero attached hydrogens (tertiary/aromatic N) is 2. The molecule has 1 aromatic rings. The first kappa shape index (κ1) is 45.5. The first-order chi connectivity index (χ1) is 26.5. The summed E-state index contributed by atoms with van der Waals surface area (Å²) in [6.07, 6.45) is 3.45. The van der Waals surface area contributed by atoms with Crippen molar-refractivity contribution >= 4 is 65.1 Å². The second-order valence-electron chi connectivity index (χ2n) is 15.1. The Kier molecular flexibility index (Phi) is 17.9. The summed E-state index contributed by atoms with van der Waals surface area (Å²) in [5, 5.41) is 19.3. The largest absolute Gasteiger partial charge is 0.481 e. The van der Waals surface area contributed by atoms with Crippen molar-refractivity contribution in [3.63, 3.8) is 0 Å². The van der Waals surface area contributed by atoms with Crippen LogP contribution in [0, 0.1) is 5.92 Å². The Labute approximate surface area is 331 Å². The summed E-state index contributed by atoms with van der Waals surface area (Å²) >= 11 is 1.19. The molecular weight excluding hydrogens is 747 g/mol. The van der Waals surface area contributed by atoms with Crippen molar-refractivity contribution in [2.24, 2.45) is 11.7 Å². The first-order valence-electron chi connectivity index (χ1n) is 19.1. The highest BCUT2D eigenvalue weighted by molar-refractivity contribution is 8.02. The van der Waals surface area contributed by atoms with Crippen LogP contribution in [0.4, 0.5) is 15.3 Å². The van der Waals surface area contributed by atoms with E-state index in [0.717, 1.165) is 18.4 Å². The number of nitrogens with one attached hydrogen (secondary N) is 4. The minimum atomic E-state index is -1.02. The first-order valence-corrected chi connectivity index (χ1v) is 20.0. The molecule has 18 heteroatoms. The molecule has 0 radical (unpaired) electrons. The predicted molar refractivity (Wildman–Crippen MR) is 209 cm³/mol. The number of rotatable bonds is 22. The summed E-state index contributed by atoms with van der Waals surface area (Å²) in [6.45, 7) is 8.80. The molecule has 0 aromatic heterocycles. The van der Waals surface area contributed by atoms with Crippen molar-refractivity contribution in [3.05, 3.63) is 29.8 Å². The van der Waals surface area contributed by atoms with E-state index < -0.39 is 45.9 Å². The van der Waals surface area contributed by atoms with Crippen molar-refractivity contribution in [1.82, 2.24) is 25.8 Å². The van der Waals surface area contributed by atoms with Crippen LogP contribution in [0.3, 0.4) is 0 Å². The molecular formula is C38H57N7O10S. The van der Waals surface area contributed by atoms with Gasteiger partial charge >= 0.3 is 18.1 Å². The fourth-order valence-electron chi connectivity index (χ4n) is 6.38. The van der Waals surface area contributed by atoms with Crippen LogP contribution in [0.5, 0.6) is 0 Å². The van der Waals surface area contributed by atoms with Crippen LogP contribution >= 0.6 is 11.8 Å². The predicted octanol–water partition coefficient (Wildman–Crippen LogP) is 3.11. The van der Waals surface area contributed by atoms with Crippen LogP contribution in [0.15, 0.2) is 24.3 Å². The molecule has 2 heterocycles. The number of hydrogen-bond acceptors (Lipinski definition) is 10. The van der Waals surface area contributed by atoms with Gasteiger partial charge in [-0.15, -0.1) is 11.8 Å². The maximum absolute atomic E-state index is 13.5. The number of nitrogens with two attached hydrogens (primary N) is 1. The number of hydrogen-bond donors (Lipinski definition) is 6. The molecule has 3 atom stereocenters. The summed E-state index contributed by atoms with van der Waals surface area (Å²) in [6, 6.07) is 4.06. The second kappa shape index (κ2) is 22.0. The maximum atomic E-state index is 13.5. The number of carboxylic acids is 1. The quantitative estimate of drug-likeness (QED) is 0.0735. The SMILES string of the molecule is CC(C)C(NC(=O)CCCCCN1C(=O)CC(SC(C)(C)CC(=O)O)C1=O)C(=O)N[C@H](CCCNC(N)=O)C(=O)Nc1ccc(COC(=O)N2CCCC2)cc1. The highest BCUT2D eigenvalue weighted by atomic mass is 32.2. The Bertz CT molecular complexity index is 1570. The molecule has 2 aliphatic rings. The second-order valence-corrected chi connectivity index (χ2v) is 17.0. The monoisotopic (exact) mass is 803 g/mol. The molecule has 2 unspecified atom stereocenters. The highest BCUT2D eigenvalue weighted by Gasteiger charge is 2.42. The molecule has 0 saturated carbocycles. The molecule has 17 nitrogen and oxygen atoms in total. The Morgan fingerprint density at radius 3 is 2.27 bits per heavy atom. The number of carboxylic acid groups (broad SMARTS) is 1. The van der Waals surface area contributed by atoms with Gasteiger partial charge in [0.1, 0.15) is 18.7 Å². The molecule has 2 fully saturated rings. The van der Waals surface area contributed by atoms with Gasteiger partial charge in [0.2, 0.25) is 29.5 Å². The number of urea groups is 1. The Morgan fingerprint density at radius 2 is 1.64 bits per heavy atom. The zero-order valence-corrected chi connectivity index (χ0v) is 33.5. The number of likely N-dealkylation sites (tertiary alicyclic amines) is 2. The number of carbonyl (C=O) groups excluding carboxylic acids is 7. The molecule has 3 rings (SSSR count). The average Bonchev–Trinajstić information content (AvgIpc) is 3.75. The number of thioether (sulfide) groups is 1. The minimum absolute atomic E-state index is 0.0203. The third kappa shape index (κ3) is 15.3. The molecule has 0 bridgehead atoms. The van der Waals surface area contributed by atoms with Crippen molar-refractivity contribution < 1.29 is 48.2 Å². The highest BCUT2D eigenvalue weighted by Crippen LogP contribution is 2.37. The summed E-state index contributed by atoms with van der Waals surface area (Å²) in [4.78, 5) is 103. The third-order valence-electron chi connectivity index (χ3n) is 9.34. The van der Waals surface area contributed by atoms with E-state index in [2.05, 4.69) is 21.3 Å². The van der Waals surface area contributed by atoms with E-state index in [1.165, 1.54) is 16.7 Å². The summed E-state index contributed by atoms with van der Waals surface area (Å²) in [5.41, 5.74) is 6.34. The molecule has 0 aliphatic carbocycles. The third-order valence-corrected chi connectivity index (χ3v) is 10.8. The van der Waals surface area contributed by atoms with Crippen molar-refractivity contribution in [3.8, 4) is 0 Å². The molecule has 56 heavy (non-hydrogen) atoms. The van der Waals surface area contributed by atoms with Gasteiger partial charge in [-0.3, -0.25) is 33.7 Å². The molecule has 8 amide bonds. The van der Waals surface area contributed by atoms with E-state index in [-0.39, 0.29) is 75.1 Å². The smallest absolute Gasteiger partial charge is 0.410 e. The van der Waals surface area contributed by atoms with E-state index in [9.17, 15) is 38.4 Å². The number of anilines is 1. The van der Waals surface area contributed by atoms with Gasteiger partial charge in [-0.05, 0) is 62.1 Å². The number of unbranched alkanes of at least 4 members (excludes halogenated alkanes) is 2. The number of benzene rings is 1. The number of aliphatic carboxylic acids is 1. The number of imide groups is 1. The maximum Gasteiger partial charge on any atom is 0.410 e. The van der Waals surface area contributed by atoms with Gasteiger partial charge in [0, 0.05) is 49.5 Å². The van der Waals surface area contributed by atoms with Crippen LogP contribution in [-0.4, -0.2) is 111 Å². The lowest BCUT2D eigenvalue weighted by Gasteiger charge is -2.25. The molecule has 1 aromatic carbocycles. The van der Waals surface area contributed by atoms with Gasteiger partial charge in [-0.1, -0.05) is 46.2 Å². The van der Waals surface area contributed by atoms with E-state index in [1.54, 1.807) is 56.9 Å². The number of ether oxygens (including phenoxy) is 1. The Balaban J connectivity index is 1.49. The molecule has 2 saturated heterocycles. The Hall–Kier alpha value is -4.87. The fraction of sp³-hybridized carbons (Fsp3) is 0.632. The number of amides is 8. The van der Waals surface area contributed by atoms with E-state index in [1.807, 2.05) is 0 Å². The average molecular weight is 804 g/mol. The minimum Gasteiger partial charge on any atom is -0.481 e. The van der Waals surface area contributed by atoms with Crippen molar-refractivity contribution in [2.75, 3.05) is 31.5 Å². The van der Waals surface area contributed by atoms with E-state index in [4.69, 9.17) is 15.6 Å². The van der Waals surface area contributed by atoms with Crippen LogP contribution < -0.4 is 27.0 Å². The lowest BCUT2D eigenvalue weighted by Crippen LogP contribution is -2.54. The number of carbonyl (C=O) groups is 8. The van der Waals surface area contributed by atoms with Crippen LogP contribution in [0.2, 0.25) is 0 Å². The standard InChI is InChI=1S/C38H57N7O10S/c1-24(2)32(43-29(46)12-6-5-7-20-45-30(47)21-28(35(45)52)56-38(3,4)22-31(48)49)34(51)42-27(11-10-17-40-36(39)53)33(50)41-26-15-13-25(14-16-26)23-55-37(54)44-18-8-9-19-44/h13-16,24,27-28,32H,5-12,17-23H2,1-4H3,(H,41,50)(H,42,51)(H,43,46)(H,48,49)(H3,39,40,53)/t27-,28?,32?/m1/s1. The van der Waals surface area contributed by atoms with Crippen LogP contribution in [-0.2, 0) is 40.1 Å². The molecule has 0 spiro atoms. The van der Waals surface area contributed by atoms with Gasteiger partial charge in [-0.25, -0.2) is 9.59 Å². The fourth-order valence-corrected chi connectivity index (χ4v) is 7.81. The van der Waals surface area contributed by atoms with Gasteiger partial charge in [0.15, 0.2) is 0 Å². The van der Waals surface area contributed by atoms with Crippen LogP contribution in [0.1, 0.15) is 97.5 Å². The number of primary amides is 1.